The molecule has 1 aromatic heterocycles. The fraction of sp³-hybridized carbons (Fsp3) is 0.231. The monoisotopic (exact) mass is 369 g/mol. The second kappa shape index (κ2) is 6.85. The van der Waals surface area contributed by atoms with Gasteiger partial charge in [-0.3, -0.25) is 0 Å². The molecule has 5 heteroatoms. The highest BCUT2D eigenvalue weighted by Crippen LogP contribution is 2.23. The third-order valence-corrected chi connectivity index (χ3v) is 3.43. The van der Waals surface area contributed by atoms with Gasteiger partial charge < -0.3 is 4.90 Å². The summed E-state index contributed by atoms with van der Waals surface area (Å²) in [4.78, 5) is 10.6. The first kappa shape index (κ1) is 13.5. The van der Waals surface area contributed by atoms with Crippen LogP contribution in [0.5, 0.6) is 0 Å². The zero-order valence-corrected chi connectivity index (χ0v) is 12.9. The third kappa shape index (κ3) is 3.53. The van der Waals surface area contributed by atoms with Crippen LogP contribution in [0.25, 0.3) is 0 Å². The van der Waals surface area contributed by atoms with Gasteiger partial charge in [0.05, 0.1) is 4.47 Å². The number of alkyl halides is 1. The van der Waals surface area contributed by atoms with Crippen molar-refractivity contribution in [3.05, 3.63) is 52.9 Å². The zero-order valence-electron chi connectivity index (χ0n) is 9.76. The van der Waals surface area contributed by atoms with E-state index >= 15 is 0 Å². The maximum atomic E-state index is 4.34. The van der Waals surface area contributed by atoms with Gasteiger partial charge in [0, 0.05) is 24.6 Å². The van der Waals surface area contributed by atoms with Gasteiger partial charge in [-0.15, -0.1) is 0 Å². The molecule has 0 radical (unpaired) electrons. The third-order valence-electron chi connectivity index (χ3n) is 2.52. The molecular weight excluding hydrogens is 358 g/mol. The van der Waals surface area contributed by atoms with E-state index < -0.39 is 0 Å². The van der Waals surface area contributed by atoms with Gasteiger partial charge >= 0.3 is 0 Å². The normalized spacial score (nSPS) is 10.3. The lowest BCUT2D eigenvalue weighted by Crippen LogP contribution is -2.26. The highest BCUT2D eigenvalue weighted by Gasteiger charge is 2.11. The summed E-state index contributed by atoms with van der Waals surface area (Å²) in [5, 5.41) is 0.899. The lowest BCUT2D eigenvalue weighted by atomic mass is 10.2. The largest absolute Gasteiger partial charge is 0.350 e. The topological polar surface area (TPSA) is 29.0 Å². The molecule has 0 unspecified atom stereocenters. The number of rotatable bonds is 5. The average molecular weight is 371 g/mol. The van der Waals surface area contributed by atoms with Crippen LogP contribution in [0.2, 0.25) is 0 Å². The molecule has 0 N–H and O–H groups in total. The van der Waals surface area contributed by atoms with E-state index in [1.807, 2.05) is 6.07 Å². The first-order valence-corrected chi connectivity index (χ1v) is 7.53. The number of hydrogen-bond donors (Lipinski definition) is 0. The molecule has 0 spiro atoms. The van der Waals surface area contributed by atoms with Crippen LogP contribution in [0.15, 0.2) is 47.3 Å². The Bertz CT molecular complexity index is 491. The molecule has 94 valence electrons. The minimum Gasteiger partial charge on any atom is -0.350 e. The average Bonchev–Trinajstić information content (AvgIpc) is 2.40. The molecule has 18 heavy (non-hydrogen) atoms. The molecule has 0 saturated heterocycles. The summed E-state index contributed by atoms with van der Waals surface area (Å²) in [6.07, 6.45) is 3.35. The second-order valence-corrected chi connectivity index (χ2v) is 5.44. The molecule has 0 fully saturated rings. The number of hydrogen-bond acceptors (Lipinski definition) is 3. The van der Waals surface area contributed by atoms with E-state index in [2.05, 4.69) is 71.0 Å². The maximum absolute atomic E-state index is 4.34. The Labute approximate surface area is 124 Å². The molecule has 0 amide bonds. The van der Waals surface area contributed by atoms with E-state index in [0.717, 1.165) is 28.7 Å². The van der Waals surface area contributed by atoms with Crippen molar-refractivity contribution >= 4 is 37.7 Å². The minimum atomic E-state index is 0.835. The molecule has 1 heterocycles. The molecule has 0 aliphatic heterocycles. The number of aromatic nitrogens is 2. The molecule has 0 atom stereocenters. The van der Waals surface area contributed by atoms with Crippen LogP contribution >= 0.6 is 31.9 Å². The van der Waals surface area contributed by atoms with Gasteiger partial charge in [-0.2, -0.15) is 0 Å². The minimum absolute atomic E-state index is 0.835. The van der Waals surface area contributed by atoms with Crippen molar-refractivity contribution in [3.8, 4) is 0 Å². The van der Waals surface area contributed by atoms with E-state index in [0.29, 0.717) is 0 Å². The number of benzene rings is 1. The summed E-state index contributed by atoms with van der Waals surface area (Å²) < 4.78 is 0.918. The van der Waals surface area contributed by atoms with Crippen molar-refractivity contribution in [3.63, 3.8) is 0 Å². The van der Waals surface area contributed by atoms with Crippen LogP contribution in [0.1, 0.15) is 5.56 Å². The van der Waals surface area contributed by atoms with E-state index in [1.54, 1.807) is 12.5 Å². The van der Waals surface area contributed by atoms with Crippen LogP contribution in [-0.2, 0) is 6.54 Å². The second-order valence-electron chi connectivity index (χ2n) is 3.79. The Morgan fingerprint density at radius 2 is 1.94 bits per heavy atom. The zero-order chi connectivity index (χ0) is 12.8. The van der Waals surface area contributed by atoms with E-state index in [-0.39, 0.29) is 0 Å². The summed E-state index contributed by atoms with van der Waals surface area (Å²) in [7, 11) is 0. The lowest BCUT2D eigenvalue weighted by molar-refractivity contribution is 0.813. The van der Waals surface area contributed by atoms with Crippen LogP contribution in [0, 0.1) is 0 Å². The van der Waals surface area contributed by atoms with Gasteiger partial charge in [0.1, 0.15) is 12.1 Å². The number of anilines is 1. The summed E-state index contributed by atoms with van der Waals surface area (Å²) >= 11 is 6.98. The highest BCUT2D eigenvalue weighted by molar-refractivity contribution is 9.10. The SMILES string of the molecule is BrCCN(Cc1ccccc1)c1ncncc1Br. The van der Waals surface area contributed by atoms with Crippen LogP contribution in [0.3, 0.4) is 0 Å². The van der Waals surface area contributed by atoms with E-state index in [4.69, 9.17) is 0 Å². The van der Waals surface area contributed by atoms with Crippen molar-refractivity contribution in [2.45, 2.75) is 6.54 Å². The quantitative estimate of drug-likeness (QED) is 0.752. The molecule has 1 aromatic carbocycles. The van der Waals surface area contributed by atoms with Crippen molar-refractivity contribution in [1.29, 1.82) is 0 Å². The molecule has 0 saturated carbocycles. The summed E-state index contributed by atoms with van der Waals surface area (Å²) in [5.41, 5.74) is 1.27. The molecule has 0 aliphatic rings. The van der Waals surface area contributed by atoms with E-state index in [1.165, 1.54) is 5.56 Å². The van der Waals surface area contributed by atoms with E-state index in [9.17, 15) is 0 Å². The van der Waals surface area contributed by atoms with Crippen molar-refractivity contribution in [2.75, 3.05) is 16.8 Å². The highest BCUT2D eigenvalue weighted by atomic mass is 79.9. The Hall–Kier alpha value is -0.940. The molecule has 0 bridgehead atoms. The summed E-state index contributed by atoms with van der Waals surface area (Å²) in [6, 6.07) is 10.4. The lowest BCUT2D eigenvalue weighted by Gasteiger charge is -2.23. The summed E-state index contributed by atoms with van der Waals surface area (Å²) in [5.74, 6) is 0.924. The molecule has 0 aliphatic carbocycles. The van der Waals surface area contributed by atoms with Crippen molar-refractivity contribution in [1.82, 2.24) is 9.97 Å². The van der Waals surface area contributed by atoms with Crippen molar-refractivity contribution < 1.29 is 0 Å². The van der Waals surface area contributed by atoms with Crippen LogP contribution < -0.4 is 4.90 Å². The first-order valence-electron chi connectivity index (χ1n) is 5.61. The number of nitrogens with zero attached hydrogens (tertiary/aromatic N) is 3. The predicted molar refractivity (Wildman–Crippen MR) is 81.0 cm³/mol. The van der Waals surface area contributed by atoms with Crippen LogP contribution in [0.4, 0.5) is 5.82 Å². The van der Waals surface area contributed by atoms with Gasteiger partial charge in [-0.25, -0.2) is 9.97 Å². The van der Waals surface area contributed by atoms with Gasteiger partial charge in [0.15, 0.2) is 0 Å². The molecule has 3 nitrogen and oxygen atoms in total. The van der Waals surface area contributed by atoms with Crippen LogP contribution in [-0.4, -0.2) is 21.8 Å². The fourth-order valence-electron chi connectivity index (χ4n) is 1.70. The molecule has 2 aromatic rings. The van der Waals surface area contributed by atoms with Crippen molar-refractivity contribution in [2.24, 2.45) is 0 Å². The predicted octanol–water partition coefficient (Wildman–Crippen LogP) is 3.64. The Kier molecular flexibility index (Phi) is 5.13. The Balaban J connectivity index is 2.21. The summed E-state index contributed by atoms with van der Waals surface area (Å²) in [6.45, 7) is 1.73. The van der Waals surface area contributed by atoms with Gasteiger partial charge in [0.25, 0.3) is 0 Å². The van der Waals surface area contributed by atoms with Gasteiger partial charge in [-0.1, -0.05) is 46.3 Å². The maximum Gasteiger partial charge on any atom is 0.146 e. The number of halogens is 2. The smallest absolute Gasteiger partial charge is 0.146 e. The standard InChI is InChI=1S/C13H13Br2N3/c14-6-7-18(9-11-4-2-1-3-5-11)13-12(15)8-16-10-17-13/h1-5,8,10H,6-7,9H2. The molecular formula is C13H13Br2N3. The first-order chi connectivity index (χ1) is 8.81. The Morgan fingerprint density at radius 3 is 2.61 bits per heavy atom. The van der Waals surface area contributed by atoms with Gasteiger partial charge in [-0.05, 0) is 21.5 Å². The Morgan fingerprint density at radius 1 is 1.17 bits per heavy atom. The van der Waals surface area contributed by atoms with Gasteiger partial charge in [0.2, 0.25) is 0 Å². The molecule has 2 rings (SSSR count). The fourth-order valence-corrected chi connectivity index (χ4v) is 2.60.